The number of rotatable bonds is 5. The molecule has 1 aliphatic heterocycles. The maximum absolute atomic E-state index is 12.2. The SMILES string of the molecule is NC(=O)c1c(C2CC(O)C(O)CC2NCc2ccccc2)cc2c(c1O)OCO2. The van der Waals surface area contributed by atoms with E-state index in [0.29, 0.717) is 17.9 Å². The number of aliphatic hydroxyl groups is 2. The predicted octanol–water partition coefficient (Wildman–Crippen LogP) is 0.977. The standard InChI is InChI=1S/C21H24N2O6/c22-21(27)18-13(7-17-20(19(18)26)29-10-28-17)12-6-15(24)16(25)8-14(12)23-9-11-4-2-1-3-5-11/h1-5,7,12,14-16,23-26H,6,8-10H2,(H2,22,27). The van der Waals surface area contributed by atoms with Crippen LogP contribution in [0.1, 0.15) is 40.2 Å². The number of phenols is 1. The number of ether oxygens (including phenoxy) is 2. The second-order valence-electron chi connectivity index (χ2n) is 7.47. The van der Waals surface area contributed by atoms with Crippen molar-refractivity contribution in [3.8, 4) is 17.2 Å². The van der Waals surface area contributed by atoms with Crippen molar-refractivity contribution < 1.29 is 29.6 Å². The Balaban J connectivity index is 1.70. The molecular weight excluding hydrogens is 376 g/mol. The van der Waals surface area contributed by atoms with Crippen LogP contribution in [0.5, 0.6) is 17.2 Å². The van der Waals surface area contributed by atoms with Crippen LogP contribution in [0.4, 0.5) is 0 Å². The van der Waals surface area contributed by atoms with Gasteiger partial charge in [-0.15, -0.1) is 0 Å². The van der Waals surface area contributed by atoms with Gasteiger partial charge in [-0.2, -0.15) is 0 Å². The van der Waals surface area contributed by atoms with Gasteiger partial charge >= 0.3 is 0 Å². The van der Waals surface area contributed by atoms with Crippen molar-refractivity contribution in [2.24, 2.45) is 5.73 Å². The Hall–Kier alpha value is -2.81. The largest absolute Gasteiger partial charge is 0.504 e. The van der Waals surface area contributed by atoms with E-state index in [2.05, 4.69) is 5.32 Å². The highest BCUT2D eigenvalue weighted by Gasteiger charge is 2.39. The summed E-state index contributed by atoms with van der Waals surface area (Å²) in [5.41, 5.74) is 7.05. The summed E-state index contributed by atoms with van der Waals surface area (Å²) in [6.07, 6.45) is -1.36. The number of amides is 1. The van der Waals surface area contributed by atoms with E-state index in [1.807, 2.05) is 30.3 Å². The van der Waals surface area contributed by atoms with Crippen LogP contribution >= 0.6 is 0 Å². The highest BCUT2D eigenvalue weighted by atomic mass is 16.7. The number of aliphatic hydroxyl groups excluding tert-OH is 2. The molecule has 0 radical (unpaired) electrons. The van der Waals surface area contributed by atoms with E-state index in [4.69, 9.17) is 15.2 Å². The second kappa shape index (κ2) is 7.90. The number of nitrogens with one attached hydrogen (secondary N) is 1. The molecule has 8 nitrogen and oxygen atoms in total. The van der Waals surface area contributed by atoms with Crippen LogP contribution in [0, 0.1) is 0 Å². The fourth-order valence-electron chi connectivity index (χ4n) is 4.17. The molecule has 8 heteroatoms. The topological polar surface area (TPSA) is 134 Å². The molecule has 0 bridgehead atoms. The van der Waals surface area contributed by atoms with Crippen LogP contribution in [0.15, 0.2) is 36.4 Å². The first kappa shape index (κ1) is 19.5. The van der Waals surface area contributed by atoms with Crippen molar-refractivity contribution in [2.45, 2.75) is 43.6 Å². The zero-order valence-electron chi connectivity index (χ0n) is 15.7. The first-order valence-corrected chi connectivity index (χ1v) is 9.54. The molecule has 1 aliphatic carbocycles. The minimum Gasteiger partial charge on any atom is -0.504 e. The molecule has 2 aliphatic rings. The highest BCUT2D eigenvalue weighted by Crippen LogP contribution is 2.48. The molecule has 29 heavy (non-hydrogen) atoms. The van der Waals surface area contributed by atoms with Gasteiger partial charge in [0.05, 0.1) is 17.8 Å². The second-order valence-corrected chi connectivity index (χ2v) is 7.47. The summed E-state index contributed by atoms with van der Waals surface area (Å²) in [6, 6.07) is 11.2. The number of nitrogens with two attached hydrogens (primary N) is 1. The number of benzene rings is 2. The Kier molecular flexibility index (Phi) is 5.31. The predicted molar refractivity (Wildman–Crippen MR) is 104 cm³/mol. The third kappa shape index (κ3) is 3.74. The first-order valence-electron chi connectivity index (χ1n) is 9.54. The van der Waals surface area contributed by atoms with Gasteiger partial charge in [0.2, 0.25) is 12.5 Å². The van der Waals surface area contributed by atoms with Gasteiger partial charge in [0.15, 0.2) is 11.5 Å². The zero-order valence-corrected chi connectivity index (χ0v) is 15.7. The highest BCUT2D eigenvalue weighted by molar-refractivity contribution is 5.99. The van der Waals surface area contributed by atoms with E-state index in [9.17, 15) is 20.1 Å². The van der Waals surface area contributed by atoms with Crippen molar-refractivity contribution in [3.63, 3.8) is 0 Å². The number of carbonyl (C=O) groups excluding carboxylic acids is 1. The zero-order chi connectivity index (χ0) is 20.5. The molecule has 1 heterocycles. The maximum atomic E-state index is 12.2. The molecule has 154 valence electrons. The molecule has 4 unspecified atom stereocenters. The van der Waals surface area contributed by atoms with E-state index < -0.39 is 18.1 Å². The van der Waals surface area contributed by atoms with Gasteiger partial charge in [0.1, 0.15) is 0 Å². The molecular formula is C21H24N2O6. The molecule has 4 rings (SSSR count). The lowest BCUT2D eigenvalue weighted by molar-refractivity contribution is -0.0258. The third-order valence-electron chi connectivity index (χ3n) is 5.65. The summed E-state index contributed by atoms with van der Waals surface area (Å²) in [5, 5.41) is 34.5. The van der Waals surface area contributed by atoms with E-state index >= 15 is 0 Å². The van der Waals surface area contributed by atoms with Crippen LogP contribution in [-0.4, -0.2) is 46.3 Å². The lowest BCUT2D eigenvalue weighted by Gasteiger charge is -2.38. The van der Waals surface area contributed by atoms with Gasteiger partial charge < -0.3 is 35.8 Å². The van der Waals surface area contributed by atoms with Gasteiger partial charge in [0, 0.05) is 18.5 Å². The molecule has 0 saturated heterocycles. The molecule has 0 aromatic heterocycles. The molecule has 1 amide bonds. The molecule has 2 aromatic carbocycles. The maximum Gasteiger partial charge on any atom is 0.252 e. The van der Waals surface area contributed by atoms with Crippen LogP contribution in [0.25, 0.3) is 0 Å². The smallest absolute Gasteiger partial charge is 0.252 e. The lowest BCUT2D eigenvalue weighted by atomic mass is 9.75. The van der Waals surface area contributed by atoms with Crippen LogP contribution in [0.3, 0.4) is 0 Å². The summed E-state index contributed by atoms with van der Waals surface area (Å²) in [7, 11) is 0. The Morgan fingerprint density at radius 2 is 1.86 bits per heavy atom. The van der Waals surface area contributed by atoms with Crippen molar-refractivity contribution in [3.05, 3.63) is 53.1 Å². The Morgan fingerprint density at radius 1 is 1.14 bits per heavy atom. The Bertz CT molecular complexity index is 904. The van der Waals surface area contributed by atoms with Crippen molar-refractivity contribution >= 4 is 5.91 Å². The summed E-state index contributed by atoms with van der Waals surface area (Å²) in [6.45, 7) is 0.486. The Labute approximate surface area is 167 Å². The lowest BCUT2D eigenvalue weighted by Crippen LogP contribution is -2.47. The van der Waals surface area contributed by atoms with Crippen LogP contribution in [0.2, 0.25) is 0 Å². The third-order valence-corrected chi connectivity index (χ3v) is 5.65. The van der Waals surface area contributed by atoms with Crippen molar-refractivity contribution in [2.75, 3.05) is 6.79 Å². The van der Waals surface area contributed by atoms with Gasteiger partial charge in [0.25, 0.3) is 5.91 Å². The van der Waals surface area contributed by atoms with Crippen molar-refractivity contribution in [1.29, 1.82) is 0 Å². The minimum atomic E-state index is -0.955. The first-order chi connectivity index (χ1) is 14.0. The molecule has 0 spiro atoms. The van der Waals surface area contributed by atoms with E-state index in [1.165, 1.54) is 0 Å². The number of primary amides is 1. The van der Waals surface area contributed by atoms with E-state index in [0.717, 1.165) is 5.56 Å². The van der Waals surface area contributed by atoms with Crippen LogP contribution in [-0.2, 0) is 6.54 Å². The van der Waals surface area contributed by atoms with Gasteiger partial charge in [-0.25, -0.2) is 0 Å². The number of fused-ring (bicyclic) bond motifs is 1. The minimum absolute atomic E-state index is 0.0469. The molecule has 2 aromatic rings. The van der Waals surface area contributed by atoms with Crippen molar-refractivity contribution in [1.82, 2.24) is 5.32 Å². The molecule has 1 fully saturated rings. The molecule has 6 N–H and O–H groups in total. The van der Waals surface area contributed by atoms with Crippen LogP contribution < -0.4 is 20.5 Å². The summed E-state index contributed by atoms with van der Waals surface area (Å²) in [5.74, 6) is -1.11. The van der Waals surface area contributed by atoms with Gasteiger partial charge in [-0.3, -0.25) is 4.79 Å². The van der Waals surface area contributed by atoms with E-state index in [1.54, 1.807) is 6.07 Å². The molecule has 4 atom stereocenters. The Morgan fingerprint density at radius 3 is 2.59 bits per heavy atom. The summed E-state index contributed by atoms with van der Waals surface area (Å²) in [4.78, 5) is 12.2. The number of hydrogen-bond donors (Lipinski definition) is 5. The fraction of sp³-hybridized carbons (Fsp3) is 0.381. The summed E-state index contributed by atoms with van der Waals surface area (Å²) < 4.78 is 10.6. The monoisotopic (exact) mass is 400 g/mol. The number of hydrogen-bond acceptors (Lipinski definition) is 7. The summed E-state index contributed by atoms with van der Waals surface area (Å²) >= 11 is 0. The average Bonchev–Trinajstić information content (AvgIpc) is 3.18. The number of carbonyl (C=O) groups is 1. The van der Waals surface area contributed by atoms with Gasteiger partial charge in [-0.05, 0) is 30.0 Å². The average molecular weight is 400 g/mol. The van der Waals surface area contributed by atoms with Gasteiger partial charge in [-0.1, -0.05) is 30.3 Å². The quantitative estimate of drug-likeness (QED) is 0.505. The fourth-order valence-corrected chi connectivity index (χ4v) is 4.17. The van der Waals surface area contributed by atoms with E-state index in [-0.39, 0.29) is 48.7 Å². The normalized spacial score (nSPS) is 25.7. The number of aromatic hydroxyl groups is 1. The molecule has 1 saturated carbocycles.